The van der Waals surface area contributed by atoms with Gasteiger partial charge in [-0.2, -0.15) is 0 Å². The van der Waals surface area contributed by atoms with Crippen LogP contribution >= 0.6 is 11.8 Å². The number of para-hydroxylation sites is 1. The topological polar surface area (TPSA) is 99.0 Å². The van der Waals surface area contributed by atoms with E-state index in [4.69, 9.17) is 8.94 Å². The highest BCUT2D eigenvalue weighted by Gasteiger charge is 2.26. The van der Waals surface area contributed by atoms with Gasteiger partial charge in [0, 0.05) is 11.8 Å². The molecule has 1 N–H and O–H groups in total. The van der Waals surface area contributed by atoms with Crippen LogP contribution in [0.5, 0.6) is 0 Å². The molecule has 3 heterocycles. The average Bonchev–Trinajstić information content (AvgIpc) is 3.52. The first-order valence-corrected chi connectivity index (χ1v) is 11.0. The van der Waals surface area contributed by atoms with Crippen LogP contribution in [0.4, 0.5) is 5.82 Å². The number of rotatable bonds is 9. The largest absolute Gasteiger partial charge is 0.461 e. The highest BCUT2D eigenvalue weighted by molar-refractivity contribution is 8.00. The number of nitrogens with one attached hydrogen (secondary N) is 1. The van der Waals surface area contributed by atoms with Crippen LogP contribution < -0.4 is 5.32 Å². The zero-order valence-corrected chi connectivity index (χ0v) is 18.1. The van der Waals surface area contributed by atoms with Crippen molar-refractivity contribution in [3.63, 3.8) is 0 Å². The summed E-state index contributed by atoms with van der Waals surface area (Å²) in [4.78, 5) is 13.0. The fourth-order valence-electron chi connectivity index (χ4n) is 3.11. The number of unbranched alkanes of at least 4 members (excludes halogenated alkanes) is 1. The first-order valence-electron chi connectivity index (χ1n) is 10.1. The van der Waals surface area contributed by atoms with Crippen LogP contribution in [0.3, 0.4) is 0 Å². The molecule has 0 bridgehead atoms. The lowest BCUT2D eigenvalue weighted by molar-refractivity contribution is -0.115. The molecule has 1 amide bonds. The van der Waals surface area contributed by atoms with Crippen molar-refractivity contribution in [2.45, 2.75) is 43.5 Å². The summed E-state index contributed by atoms with van der Waals surface area (Å²) in [7, 11) is 0. The Morgan fingerprint density at radius 2 is 2.03 bits per heavy atom. The van der Waals surface area contributed by atoms with E-state index in [1.165, 1.54) is 11.8 Å². The third kappa shape index (κ3) is 4.88. The van der Waals surface area contributed by atoms with Crippen LogP contribution in [0.2, 0.25) is 0 Å². The van der Waals surface area contributed by atoms with Gasteiger partial charge in [0.1, 0.15) is 5.76 Å². The van der Waals surface area contributed by atoms with E-state index in [1.807, 2.05) is 47.0 Å². The summed E-state index contributed by atoms with van der Waals surface area (Å²) in [5.41, 5.74) is 0.892. The molecule has 0 saturated carbocycles. The van der Waals surface area contributed by atoms with Gasteiger partial charge >= 0.3 is 0 Å². The first-order chi connectivity index (χ1) is 15.2. The molecule has 4 aromatic rings. The molecule has 0 aliphatic rings. The van der Waals surface area contributed by atoms with Gasteiger partial charge in [0.2, 0.25) is 11.7 Å². The first kappa shape index (κ1) is 20.9. The SMILES string of the molecule is CCCCC(Sc1nnc(-c2ccco2)n1-c1ccccc1)C(=O)Nc1cc(C)on1. The summed E-state index contributed by atoms with van der Waals surface area (Å²) >= 11 is 1.38. The summed E-state index contributed by atoms with van der Waals surface area (Å²) in [6.07, 6.45) is 4.19. The molecule has 3 aromatic heterocycles. The fourth-order valence-corrected chi connectivity index (χ4v) is 4.20. The average molecular weight is 438 g/mol. The molecule has 0 aliphatic heterocycles. The summed E-state index contributed by atoms with van der Waals surface area (Å²) in [6, 6.07) is 15.1. The second-order valence-electron chi connectivity index (χ2n) is 7.02. The van der Waals surface area contributed by atoms with E-state index >= 15 is 0 Å². The highest BCUT2D eigenvalue weighted by atomic mass is 32.2. The zero-order chi connectivity index (χ0) is 21.6. The van der Waals surface area contributed by atoms with E-state index in [-0.39, 0.29) is 11.2 Å². The molecule has 1 aromatic carbocycles. The van der Waals surface area contributed by atoms with Crippen molar-refractivity contribution in [2.75, 3.05) is 5.32 Å². The van der Waals surface area contributed by atoms with E-state index in [1.54, 1.807) is 19.3 Å². The van der Waals surface area contributed by atoms with Crippen molar-refractivity contribution >= 4 is 23.5 Å². The minimum absolute atomic E-state index is 0.145. The highest BCUT2D eigenvalue weighted by Crippen LogP contribution is 2.32. The minimum atomic E-state index is -0.368. The maximum absolute atomic E-state index is 13.0. The molecule has 0 aliphatic carbocycles. The Kier molecular flexibility index (Phi) is 6.51. The maximum Gasteiger partial charge on any atom is 0.239 e. The number of nitrogens with zero attached hydrogens (tertiary/aromatic N) is 4. The minimum Gasteiger partial charge on any atom is -0.461 e. The third-order valence-corrected chi connectivity index (χ3v) is 5.84. The van der Waals surface area contributed by atoms with Gasteiger partial charge in [0.05, 0.1) is 11.5 Å². The Hall–Kier alpha value is -3.33. The predicted octanol–water partition coefficient (Wildman–Crippen LogP) is 5.11. The number of anilines is 1. The standard InChI is InChI=1S/C22H23N5O3S/c1-3-4-12-18(21(28)23-19-14-15(2)30-26-19)31-22-25-24-20(17-11-8-13-29-17)27(22)16-9-6-5-7-10-16/h5-11,13-14,18H,3-4,12H2,1-2H3,(H,23,26,28). The molecule has 0 spiro atoms. The van der Waals surface area contributed by atoms with E-state index in [0.717, 1.165) is 18.5 Å². The van der Waals surface area contributed by atoms with Gasteiger partial charge in [-0.05, 0) is 37.6 Å². The Morgan fingerprint density at radius 3 is 2.71 bits per heavy atom. The monoisotopic (exact) mass is 437 g/mol. The smallest absolute Gasteiger partial charge is 0.239 e. The Balaban J connectivity index is 1.65. The zero-order valence-electron chi connectivity index (χ0n) is 17.3. The van der Waals surface area contributed by atoms with Gasteiger partial charge < -0.3 is 14.3 Å². The van der Waals surface area contributed by atoms with Crippen molar-refractivity contribution in [3.05, 3.63) is 60.6 Å². The molecule has 4 rings (SSSR count). The van der Waals surface area contributed by atoms with Crippen molar-refractivity contribution in [3.8, 4) is 17.3 Å². The number of aromatic nitrogens is 4. The lowest BCUT2D eigenvalue weighted by Gasteiger charge is -2.16. The molecular formula is C22H23N5O3S. The van der Waals surface area contributed by atoms with Crippen molar-refractivity contribution < 1.29 is 13.7 Å². The number of carbonyl (C=O) groups is 1. The summed E-state index contributed by atoms with van der Waals surface area (Å²) < 4.78 is 12.5. The third-order valence-electron chi connectivity index (χ3n) is 4.63. The normalized spacial score (nSPS) is 12.1. The van der Waals surface area contributed by atoms with Crippen molar-refractivity contribution in [2.24, 2.45) is 0 Å². The molecule has 9 heteroatoms. The molecule has 31 heavy (non-hydrogen) atoms. The predicted molar refractivity (Wildman–Crippen MR) is 118 cm³/mol. The van der Waals surface area contributed by atoms with Crippen LogP contribution in [0.1, 0.15) is 31.9 Å². The van der Waals surface area contributed by atoms with Gasteiger partial charge in [-0.15, -0.1) is 10.2 Å². The lowest BCUT2D eigenvalue weighted by atomic mass is 10.2. The second-order valence-corrected chi connectivity index (χ2v) is 8.19. The number of aryl methyl sites for hydroxylation is 1. The van der Waals surface area contributed by atoms with Gasteiger partial charge in [-0.3, -0.25) is 9.36 Å². The van der Waals surface area contributed by atoms with E-state index < -0.39 is 0 Å². The second kappa shape index (κ2) is 9.65. The van der Waals surface area contributed by atoms with Crippen LogP contribution in [-0.2, 0) is 4.79 Å². The van der Waals surface area contributed by atoms with Gasteiger partial charge in [0.15, 0.2) is 16.7 Å². The number of carbonyl (C=O) groups excluding carboxylic acids is 1. The quantitative estimate of drug-likeness (QED) is 0.363. The fraction of sp³-hybridized carbons (Fsp3) is 0.273. The molecule has 8 nitrogen and oxygen atoms in total. The van der Waals surface area contributed by atoms with Crippen LogP contribution in [0, 0.1) is 6.92 Å². The van der Waals surface area contributed by atoms with Gasteiger partial charge in [-0.1, -0.05) is 54.9 Å². The summed E-state index contributed by atoms with van der Waals surface area (Å²) in [5, 5.41) is 15.7. The van der Waals surface area contributed by atoms with Crippen LogP contribution in [-0.4, -0.2) is 31.1 Å². The number of benzene rings is 1. The van der Waals surface area contributed by atoms with E-state index in [2.05, 4.69) is 27.6 Å². The van der Waals surface area contributed by atoms with Crippen LogP contribution in [0.25, 0.3) is 17.3 Å². The molecular weight excluding hydrogens is 414 g/mol. The Bertz CT molecular complexity index is 1120. The van der Waals surface area contributed by atoms with Gasteiger partial charge in [0.25, 0.3) is 0 Å². The lowest BCUT2D eigenvalue weighted by Crippen LogP contribution is -2.26. The summed E-state index contributed by atoms with van der Waals surface area (Å²) in [6.45, 7) is 3.88. The molecule has 0 fully saturated rings. The molecule has 160 valence electrons. The van der Waals surface area contributed by atoms with E-state index in [9.17, 15) is 4.79 Å². The van der Waals surface area contributed by atoms with Crippen molar-refractivity contribution in [1.29, 1.82) is 0 Å². The molecule has 1 unspecified atom stereocenters. The molecule has 0 saturated heterocycles. The Morgan fingerprint density at radius 1 is 1.19 bits per heavy atom. The van der Waals surface area contributed by atoms with Gasteiger partial charge in [-0.25, -0.2) is 0 Å². The summed E-state index contributed by atoms with van der Waals surface area (Å²) in [5.74, 6) is 2.09. The number of furan rings is 1. The Labute approximate surface area is 184 Å². The van der Waals surface area contributed by atoms with Crippen LogP contribution in [0.15, 0.2) is 68.9 Å². The number of amides is 1. The number of hydrogen-bond donors (Lipinski definition) is 1. The maximum atomic E-state index is 13.0. The number of thioether (sulfide) groups is 1. The van der Waals surface area contributed by atoms with E-state index in [0.29, 0.717) is 34.7 Å². The molecule has 1 atom stereocenters. The number of hydrogen-bond acceptors (Lipinski definition) is 7. The van der Waals surface area contributed by atoms with Crippen molar-refractivity contribution in [1.82, 2.24) is 19.9 Å². The molecule has 0 radical (unpaired) electrons.